The lowest BCUT2D eigenvalue weighted by Gasteiger charge is -2.52. The SMILES string of the molecule is CCC[N@+]1(COP(=O)(O)O)CCC[C@@H]2Cc3c(ccc(OC)c3O)C[C@H]21. The highest BCUT2D eigenvalue weighted by Gasteiger charge is 2.48. The van der Waals surface area contributed by atoms with Crippen LogP contribution in [0.1, 0.15) is 37.3 Å². The predicted octanol–water partition coefficient (Wildman–Crippen LogP) is 2.57. The van der Waals surface area contributed by atoms with Crippen molar-refractivity contribution in [3.05, 3.63) is 23.3 Å². The van der Waals surface area contributed by atoms with Crippen LogP contribution in [0, 0.1) is 5.92 Å². The lowest BCUT2D eigenvalue weighted by atomic mass is 9.73. The molecule has 2 aliphatic rings. The van der Waals surface area contributed by atoms with Crippen molar-refractivity contribution in [3.63, 3.8) is 0 Å². The Morgan fingerprint density at radius 3 is 2.73 bits per heavy atom. The molecule has 1 saturated heterocycles. The molecular formula is C18H29NO6P+. The van der Waals surface area contributed by atoms with Gasteiger partial charge >= 0.3 is 7.82 Å². The molecule has 0 aromatic heterocycles. The minimum atomic E-state index is -4.50. The van der Waals surface area contributed by atoms with Crippen LogP contribution in [-0.4, -0.2) is 52.3 Å². The molecule has 0 radical (unpaired) electrons. The Kier molecular flexibility index (Phi) is 5.66. The van der Waals surface area contributed by atoms with Crippen molar-refractivity contribution in [1.29, 1.82) is 0 Å². The van der Waals surface area contributed by atoms with E-state index in [4.69, 9.17) is 9.26 Å². The van der Waals surface area contributed by atoms with Crippen LogP contribution in [0.25, 0.3) is 0 Å². The summed E-state index contributed by atoms with van der Waals surface area (Å²) >= 11 is 0. The molecule has 146 valence electrons. The fourth-order valence-corrected chi connectivity index (χ4v) is 5.32. The van der Waals surface area contributed by atoms with Crippen LogP contribution in [0.3, 0.4) is 0 Å². The van der Waals surface area contributed by atoms with Gasteiger partial charge in [0.25, 0.3) is 0 Å². The second-order valence-electron chi connectivity index (χ2n) is 7.55. The average Bonchev–Trinajstić information content (AvgIpc) is 2.59. The molecule has 1 aromatic rings. The number of benzene rings is 1. The monoisotopic (exact) mass is 386 g/mol. The van der Waals surface area contributed by atoms with Gasteiger partial charge in [0.2, 0.25) is 0 Å². The van der Waals surface area contributed by atoms with E-state index in [1.807, 2.05) is 6.07 Å². The number of fused-ring (bicyclic) bond motifs is 2. The Bertz CT molecular complexity index is 701. The largest absolute Gasteiger partial charge is 0.504 e. The standard InChI is InChI=1S/C18H28NO6P/c1-3-8-19(12-25-26(21,22)23)9-4-5-14-10-15-13(11-16(14)19)6-7-17(24-2)18(15)20/h6-7,14,16H,3-5,8-12H2,1-2H3,(H2-,20,21,22,23)/p+1/t14-,16-,19-/m1/s1. The highest BCUT2D eigenvalue weighted by atomic mass is 31.2. The number of quaternary nitrogens is 1. The van der Waals surface area contributed by atoms with Crippen molar-refractivity contribution < 1.29 is 33.2 Å². The first-order valence-corrected chi connectivity index (χ1v) is 10.8. The number of likely N-dealkylation sites (tertiary alicyclic amines) is 1. The first kappa shape index (κ1) is 19.6. The van der Waals surface area contributed by atoms with Crippen LogP contribution in [0.15, 0.2) is 12.1 Å². The van der Waals surface area contributed by atoms with Crippen molar-refractivity contribution in [1.82, 2.24) is 0 Å². The summed E-state index contributed by atoms with van der Waals surface area (Å²) in [7, 11) is -2.95. The van der Waals surface area contributed by atoms with E-state index in [-0.39, 0.29) is 18.5 Å². The van der Waals surface area contributed by atoms with Crippen LogP contribution >= 0.6 is 7.82 Å². The summed E-state index contributed by atoms with van der Waals surface area (Å²) in [6, 6.07) is 4.04. The number of nitrogens with zero attached hydrogens (tertiary/aromatic N) is 1. The van der Waals surface area contributed by atoms with E-state index in [0.717, 1.165) is 56.3 Å². The molecule has 0 bridgehead atoms. The second-order valence-corrected chi connectivity index (χ2v) is 8.79. The van der Waals surface area contributed by atoms with Gasteiger partial charge in [-0.3, -0.25) is 4.48 Å². The molecular weight excluding hydrogens is 357 g/mol. The molecule has 0 unspecified atom stereocenters. The first-order chi connectivity index (χ1) is 12.3. The Hall–Kier alpha value is -1.11. The number of phenols is 1. The Labute approximate surface area is 154 Å². The number of phenolic OH excluding ortho intramolecular Hbond substituents is 1. The molecule has 0 spiro atoms. The van der Waals surface area contributed by atoms with Crippen LogP contribution in [-0.2, 0) is 21.9 Å². The van der Waals surface area contributed by atoms with E-state index < -0.39 is 7.82 Å². The summed E-state index contributed by atoms with van der Waals surface area (Å²) in [6.07, 6.45) is 4.52. The molecule has 1 aromatic carbocycles. The van der Waals surface area contributed by atoms with Gasteiger partial charge in [-0.1, -0.05) is 13.0 Å². The normalized spacial score (nSPS) is 28.3. The van der Waals surface area contributed by atoms with E-state index in [9.17, 15) is 19.5 Å². The van der Waals surface area contributed by atoms with Gasteiger partial charge in [-0.25, -0.2) is 9.09 Å². The molecule has 0 saturated carbocycles. The van der Waals surface area contributed by atoms with E-state index in [0.29, 0.717) is 16.2 Å². The maximum absolute atomic E-state index is 11.3. The zero-order valence-corrected chi connectivity index (χ0v) is 16.3. The third-order valence-electron chi connectivity index (χ3n) is 6.04. The summed E-state index contributed by atoms with van der Waals surface area (Å²) in [4.78, 5) is 18.4. The Balaban J connectivity index is 1.93. The lowest BCUT2D eigenvalue weighted by molar-refractivity contribution is -0.973. The fraction of sp³-hybridized carbons (Fsp3) is 0.667. The van der Waals surface area contributed by atoms with Crippen molar-refractivity contribution in [2.24, 2.45) is 5.92 Å². The summed E-state index contributed by atoms with van der Waals surface area (Å²) in [5, 5.41) is 10.5. The number of piperidine rings is 1. The Morgan fingerprint density at radius 2 is 2.08 bits per heavy atom. The minimum absolute atomic E-state index is 0.0384. The molecule has 0 amide bonds. The molecule has 1 fully saturated rings. The van der Waals surface area contributed by atoms with Gasteiger partial charge in [0.1, 0.15) is 0 Å². The first-order valence-electron chi connectivity index (χ1n) is 9.23. The molecule has 8 heteroatoms. The topological polar surface area (TPSA) is 96.2 Å². The number of hydrogen-bond donors (Lipinski definition) is 3. The maximum atomic E-state index is 11.3. The zero-order valence-electron chi connectivity index (χ0n) is 15.4. The second kappa shape index (κ2) is 7.49. The van der Waals surface area contributed by atoms with Crippen molar-refractivity contribution in [2.75, 3.05) is 26.9 Å². The molecule has 1 aliphatic carbocycles. The van der Waals surface area contributed by atoms with Gasteiger partial charge in [0.05, 0.1) is 26.2 Å². The fourth-order valence-electron chi connectivity index (χ4n) is 4.94. The summed E-state index contributed by atoms with van der Waals surface area (Å²) < 4.78 is 22.1. The van der Waals surface area contributed by atoms with Crippen molar-refractivity contribution in [3.8, 4) is 11.5 Å². The van der Waals surface area contributed by atoms with Crippen LogP contribution < -0.4 is 4.74 Å². The van der Waals surface area contributed by atoms with Crippen LogP contribution in [0.2, 0.25) is 0 Å². The summed E-state index contributed by atoms with van der Waals surface area (Å²) in [5.41, 5.74) is 2.05. The van der Waals surface area contributed by atoms with E-state index in [1.165, 1.54) is 0 Å². The number of hydrogen-bond acceptors (Lipinski definition) is 4. The highest BCUT2D eigenvalue weighted by molar-refractivity contribution is 7.46. The number of phosphoric acid groups is 1. The molecule has 1 aliphatic heterocycles. The van der Waals surface area contributed by atoms with Gasteiger partial charge in [-0.2, -0.15) is 0 Å². The molecule has 7 nitrogen and oxygen atoms in total. The number of rotatable bonds is 6. The van der Waals surface area contributed by atoms with Crippen molar-refractivity contribution in [2.45, 2.75) is 45.1 Å². The van der Waals surface area contributed by atoms with Gasteiger partial charge in [0, 0.05) is 17.9 Å². The van der Waals surface area contributed by atoms with E-state index >= 15 is 0 Å². The van der Waals surface area contributed by atoms with E-state index in [2.05, 4.69) is 6.92 Å². The van der Waals surface area contributed by atoms with Gasteiger partial charge in [-0.05, 0) is 37.3 Å². The molecule has 3 atom stereocenters. The zero-order chi connectivity index (χ0) is 18.9. The van der Waals surface area contributed by atoms with Gasteiger partial charge in [0.15, 0.2) is 18.2 Å². The average molecular weight is 386 g/mol. The van der Waals surface area contributed by atoms with Gasteiger partial charge in [-0.15, -0.1) is 0 Å². The Morgan fingerprint density at radius 1 is 1.31 bits per heavy atom. The van der Waals surface area contributed by atoms with E-state index in [1.54, 1.807) is 13.2 Å². The number of methoxy groups -OCH3 is 1. The number of aromatic hydroxyl groups is 1. The van der Waals surface area contributed by atoms with Crippen LogP contribution in [0.4, 0.5) is 0 Å². The smallest absolute Gasteiger partial charge is 0.474 e. The molecule has 3 rings (SSSR count). The summed E-state index contributed by atoms with van der Waals surface area (Å²) in [6.45, 7) is 3.83. The predicted molar refractivity (Wildman–Crippen MR) is 96.9 cm³/mol. The number of ether oxygens (including phenoxy) is 1. The van der Waals surface area contributed by atoms with Gasteiger partial charge < -0.3 is 19.6 Å². The maximum Gasteiger partial charge on any atom is 0.474 e. The van der Waals surface area contributed by atoms with Crippen LogP contribution in [0.5, 0.6) is 11.5 Å². The quantitative estimate of drug-likeness (QED) is 0.514. The third kappa shape index (κ3) is 3.78. The molecule has 3 N–H and O–H groups in total. The minimum Gasteiger partial charge on any atom is -0.504 e. The molecule has 26 heavy (non-hydrogen) atoms. The molecule has 1 heterocycles. The highest BCUT2D eigenvalue weighted by Crippen LogP contribution is 2.46. The van der Waals surface area contributed by atoms with Crippen molar-refractivity contribution >= 4 is 7.82 Å². The third-order valence-corrected chi connectivity index (χ3v) is 6.49. The summed E-state index contributed by atoms with van der Waals surface area (Å²) in [5.74, 6) is 1.09. The lowest BCUT2D eigenvalue weighted by Crippen LogP contribution is -2.64. The number of phosphoric ester groups is 1.